The van der Waals surface area contributed by atoms with Gasteiger partial charge in [-0.1, -0.05) is 12.1 Å². The van der Waals surface area contributed by atoms with E-state index in [1.165, 1.54) is 0 Å². The summed E-state index contributed by atoms with van der Waals surface area (Å²) in [6, 6.07) is 5.79. The van der Waals surface area contributed by atoms with Gasteiger partial charge in [0.25, 0.3) is 0 Å². The predicted molar refractivity (Wildman–Crippen MR) is 107 cm³/mol. The number of carbonyl (C=O) groups is 4. The maximum atomic E-state index is 12.0. The molecule has 0 bridgehead atoms. The van der Waals surface area contributed by atoms with Crippen LogP contribution in [-0.2, 0) is 25.6 Å². The summed E-state index contributed by atoms with van der Waals surface area (Å²) >= 11 is 1.03. The highest BCUT2D eigenvalue weighted by Gasteiger charge is 2.28. The van der Waals surface area contributed by atoms with Crippen LogP contribution in [0, 0.1) is 10.7 Å². The molecule has 1 aromatic carbocycles. The number of nitrogens with zero attached hydrogens (tertiary/aromatic N) is 2. The molecule has 0 fully saturated rings. The first-order valence-electron chi connectivity index (χ1n) is 9.05. The average molecular weight is 437 g/mol. The Labute approximate surface area is 177 Å². The number of rotatable bonds is 14. The molecule has 0 saturated carbocycles. The van der Waals surface area contributed by atoms with E-state index in [0.717, 1.165) is 27.1 Å². The van der Waals surface area contributed by atoms with E-state index >= 15 is 0 Å². The standard InChI is InChI=1S/C19H23N3O7S/c20-12-30-14-6-4-13(5-7-14)9-16(23)21-8-2-1-3-15(19(28)29)22(10-17(24)25)11-18(26)27/h4-7,15H,1-3,8-11H2,(H,21,23)(H,24,25)(H,26,27)(H,28,29). The van der Waals surface area contributed by atoms with Crippen LogP contribution in [0.2, 0.25) is 0 Å². The molecule has 0 heterocycles. The van der Waals surface area contributed by atoms with Gasteiger partial charge in [-0.15, -0.1) is 0 Å². The highest BCUT2D eigenvalue weighted by molar-refractivity contribution is 8.03. The maximum Gasteiger partial charge on any atom is 0.320 e. The number of thiocyanates is 1. The Bertz CT molecular complexity index is 776. The Morgan fingerprint density at radius 2 is 1.63 bits per heavy atom. The van der Waals surface area contributed by atoms with Crippen molar-refractivity contribution in [3.63, 3.8) is 0 Å². The lowest BCUT2D eigenvalue weighted by Gasteiger charge is -2.25. The number of amides is 1. The fourth-order valence-corrected chi connectivity index (χ4v) is 3.13. The number of carboxylic acids is 3. The van der Waals surface area contributed by atoms with E-state index < -0.39 is 37.0 Å². The number of carboxylic acid groups (broad SMARTS) is 3. The van der Waals surface area contributed by atoms with Crippen LogP contribution < -0.4 is 5.32 Å². The Morgan fingerprint density at radius 1 is 1.03 bits per heavy atom. The van der Waals surface area contributed by atoms with Crippen molar-refractivity contribution in [1.82, 2.24) is 10.2 Å². The number of thioether (sulfide) groups is 1. The second-order valence-corrected chi connectivity index (χ2v) is 7.26. The van der Waals surface area contributed by atoms with E-state index in [1.807, 2.05) is 5.40 Å². The fourth-order valence-electron chi connectivity index (χ4n) is 2.75. The van der Waals surface area contributed by atoms with E-state index in [9.17, 15) is 24.3 Å². The third-order valence-electron chi connectivity index (χ3n) is 4.08. The number of aliphatic carboxylic acids is 3. The molecule has 0 saturated heterocycles. The van der Waals surface area contributed by atoms with Crippen LogP contribution in [0.1, 0.15) is 24.8 Å². The van der Waals surface area contributed by atoms with Gasteiger partial charge in [0.1, 0.15) is 11.4 Å². The Balaban J connectivity index is 2.42. The lowest BCUT2D eigenvalue weighted by molar-refractivity contribution is -0.149. The molecule has 30 heavy (non-hydrogen) atoms. The van der Waals surface area contributed by atoms with Crippen molar-refractivity contribution < 1.29 is 34.5 Å². The summed E-state index contributed by atoms with van der Waals surface area (Å²) in [5.41, 5.74) is 0.790. The topological polar surface area (TPSA) is 168 Å². The number of nitrogens with one attached hydrogen (secondary N) is 1. The Kier molecular flexibility index (Phi) is 11.0. The van der Waals surface area contributed by atoms with Crippen LogP contribution in [0.3, 0.4) is 0 Å². The second-order valence-electron chi connectivity index (χ2n) is 6.41. The number of hydrogen-bond donors (Lipinski definition) is 4. The number of unbranched alkanes of at least 4 members (excludes halogenated alkanes) is 1. The molecular weight excluding hydrogens is 414 g/mol. The molecule has 162 valence electrons. The van der Waals surface area contributed by atoms with Crippen molar-refractivity contribution in [1.29, 1.82) is 5.26 Å². The van der Waals surface area contributed by atoms with Crippen LogP contribution in [0.25, 0.3) is 0 Å². The van der Waals surface area contributed by atoms with Gasteiger partial charge in [0.05, 0.1) is 19.5 Å². The zero-order valence-electron chi connectivity index (χ0n) is 16.1. The number of carbonyl (C=O) groups excluding carboxylic acids is 1. The third-order valence-corrected chi connectivity index (χ3v) is 4.68. The van der Waals surface area contributed by atoms with Crippen LogP contribution in [0.15, 0.2) is 29.2 Å². The highest BCUT2D eigenvalue weighted by atomic mass is 32.2. The molecule has 0 aromatic heterocycles. The summed E-state index contributed by atoms with van der Waals surface area (Å²) in [5, 5.41) is 40.4. The van der Waals surface area contributed by atoms with Crippen molar-refractivity contribution in [3.8, 4) is 5.40 Å². The van der Waals surface area contributed by atoms with Crippen LogP contribution in [-0.4, -0.2) is 69.7 Å². The predicted octanol–water partition coefficient (Wildman–Crippen LogP) is 1.01. The molecule has 4 N–H and O–H groups in total. The molecule has 11 heteroatoms. The molecule has 0 aliphatic heterocycles. The molecule has 1 rings (SSSR count). The highest BCUT2D eigenvalue weighted by Crippen LogP contribution is 2.17. The van der Waals surface area contributed by atoms with E-state index in [4.69, 9.17) is 15.5 Å². The molecular formula is C19H23N3O7S. The lowest BCUT2D eigenvalue weighted by atomic mass is 10.1. The van der Waals surface area contributed by atoms with Crippen molar-refractivity contribution in [2.45, 2.75) is 36.6 Å². The second kappa shape index (κ2) is 13.2. The minimum absolute atomic E-state index is 0.0593. The summed E-state index contributed by atoms with van der Waals surface area (Å²) < 4.78 is 0. The number of hydrogen-bond acceptors (Lipinski definition) is 7. The van der Waals surface area contributed by atoms with Gasteiger partial charge >= 0.3 is 17.9 Å². The number of benzene rings is 1. The van der Waals surface area contributed by atoms with E-state index in [0.29, 0.717) is 19.4 Å². The minimum Gasteiger partial charge on any atom is -0.480 e. The van der Waals surface area contributed by atoms with Gasteiger partial charge in [-0.2, -0.15) is 5.26 Å². The molecule has 1 amide bonds. The third kappa shape index (κ3) is 9.90. The quantitative estimate of drug-likeness (QED) is 0.187. The molecule has 1 aromatic rings. The smallest absolute Gasteiger partial charge is 0.320 e. The van der Waals surface area contributed by atoms with Gasteiger partial charge in [-0.3, -0.25) is 24.1 Å². The summed E-state index contributed by atoms with van der Waals surface area (Å²) in [6.07, 6.45) is 1.05. The van der Waals surface area contributed by atoms with Gasteiger partial charge < -0.3 is 20.6 Å². The zero-order valence-corrected chi connectivity index (χ0v) is 16.9. The van der Waals surface area contributed by atoms with Crippen molar-refractivity contribution >= 4 is 35.6 Å². The van der Waals surface area contributed by atoms with Crippen LogP contribution in [0.4, 0.5) is 0 Å². The summed E-state index contributed by atoms with van der Waals surface area (Å²) in [5.74, 6) is -4.12. The maximum absolute atomic E-state index is 12.0. The summed E-state index contributed by atoms with van der Waals surface area (Å²) in [6.45, 7) is -1.07. The molecule has 1 atom stereocenters. The lowest BCUT2D eigenvalue weighted by Crippen LogP contribution is -2.46. The molecule has 0 aliphatic rings. The van der Waals surface area contributed by atoms with Gasteiger partial charge in [0.2, 0.25) is 5.91 Å². The fraction of sp³-hybridized carbons (Fsp3) is 0.421. The van der Waals surface area contributed by atoms with E-state index in [-0.39, 0.29) is 18.7 Å². The number of nitriles is 1. The first-order chi connectivity index (χ1) is 14.2. The summed E-state index contributed by atoms with van der Waals surface area (Å²) in [7, 11) is 0. The van der Waals surface area contributed by atoms with Crippen LogP contribution in [0.5, 0.6) is 0 Å². The van der Waals surface area contributed by atoms with Crippen LogP contribution >= 0.6 is 11.8 Å². The monoisotopic (exact) mass is 437 g/mol. The first-order valence-corrected chi connectivity index (χ1v) is 9.86. The molecule has 0 spiro atoms. The van der Waals surface area contributed by atoms with Gasteiger partial charge in [-0.25, -0.2) is 0 Å². The SMILES string of the molecule is N#CSc1ccc(CC(=O)NCCCCC(C(=O)O)N(CC(=O)O)CC(=O)O)cc1. The van der Waals surface area contributed by atoms with Gasteiger partial charge in [0.15, 0.2) is 0 Å². The largest absolute Gasteiger partial charge is 0.480 e. The normalized spacial score (nSPS) is 11.5. The molecule has 0 radical (unpaired) electrons. The molecule has 10 nitrogen and oxygen atoms in total. The average Bonchev–Trinajstić information content (AvgIpc) is 2.65. The molecule has 0 aliphatic carbocycles. The van der Waals surface area contributed by atoms with Crippen molar-refractivity contribution in [3.05, 3.63) is 29.8 Å². The van der Waals surface area contributed by atoms with Crippen molar-refractivity contribution in [2.75, 3.05) is 19.6 Å². The summed E-state index contributed by atoms with van der Waals surface area (Å²) in [4.78, 5) is 46.8. The minimum atomic E-state index is -1.31. The van der Waals surface area contributed by atoms with E-state index in [2.05, 4.69) is 5.32 Å². The van der Waals surface area contributed by atoms with Crippen molar-refractivity contribution in [2.24, 2.45) is 0 Å². The molecule has 1 unspecified atom stereocenters. The van der Waals surface area contributed by atoms with Gasteiger partial charge in [0, 0.05) is 11.4 Å². The Morgan fingerprint density at radius 3 is 2.13 bits per heavy atom. The van der Waals surface area contributed by atoms with E-state index in [1.54, 1.807) is 24.3 Å². The first kappa shape index (κ1) is 24.9. The Hall–Kier alpha value is -3.10. The zero-order chi connectivity index (χ0) is 22.5. The van der Waals surface area contributed by atoms with Gasteiger partial charge in [-0.05, 0) is 48.7 Å².